The molecule has 112 valence electrons. The summed E-state index contributed by atoms with van der Waals surface area (Å²) in [6.07, 6.45) is 2.82. The van der Waals surface area contributed by atoms with Crippen LogP contribution in [0.1, 0.15) is 45.2 Å². The van der Waals surface area contributed by atoms with Gasteiger partial charge in [0.2, 0.25) is 0 Å². The second-order valence-electron chi connectivity index (χ2n) is 6.23. The summed E-state index contributed by atoms with van der Waals surface area (Å²) in [5.41, 5.74) is 7.33. The minimum Gasteiger partial charge on any atom is -0.491 e. The van der Waals surface area contributed by atoms with Crippen LogP contribution >= 0.6 is 0 Å². The average molecular weight is 276 g/mol. The lowest BCUT2D eigenvalue weighted by molar-refractivity contribution is 0.133. The number of benzene rings is 1. The third-order valence-electron chi connectivity index (χ3n) is 3.97. The monoisotopic (exact) mass is 276 g/mol. The van der Waals surface area contributed by atoms with Crippen molar-refractivity contribution in [2.75, 3.05) is 19.6 Å². The van der Waals surface area contributed by atoms with Crippen molar-refractivity contribution in [1.82, 2.24) is 4.90 Å². The van der Waals surface area contributed by atoms with E-state index in [4.69, 9.17) is 10.5 Å². The molecule has 0 saturated carbocycles. The minimum absolute atomic E-state index is 0.205. The highest BCUT2D eigenvalue weighted by Crippen LogP contribution is 2.28. The molecule has 0 amide bonds. The number of nitrogens with two attached hydrogens (primary N) is 1. The maximum Gasteiger partial charge on any atom is 0.120 e. The molecule has 0 aromatic heterocycles. The Bertz CT molecular complexity index is 419. The number of piperidine rings is 1. The molecule has 0 radical (unpaired) electrons. The number of rotatable bonds is 5. The zero-order valence-corrected chi connectivity index (χ0v) is 13.0. The summed E-state index contributed by atoms with van der Waals surface area (Å²) in [6, 6.07) is 8.73. The predicted molar refractivity (Wildman–Crippen MR) is 84.0 cm³/mol. The second-order valence-corrected chi connectivity index (χ2v) is 6.23. The first-order chi connectivity index (χ1) is 9.60. The van der Waals surface area contributed by atoms with Crippen LogP contribution in [0.2, 0.25) is 0 Å². The van der Waals surface area contributed by atoms with Crippen molar-refractivity contribution in [3.8, 4) is 5.75 Å². The lowest BCUT2D eigenvalue weighted by atomic mass is 9.96. The fraction of sp³-hybridized carbons (Fsp3) is 0.647. The van der Waals surface area contributed by atoms with Crippen molar-refractivity contribution < 1.29 is 4.74 Å². The molecule has 1 heterocycles. The van der Waals surface area contributed by atoms with Gasteiger partial charge in [0.25, 0.3) is 0 Å². The second kappa shape index (κ2) is 7.09. The van der Waals surface area contributed by atoms with E-state index in [1.165, 1.54) is 18.4 Å². The Kier molecular flexibility index (Phi) is 5.44. The van der Waals surface area contributed by atoms with Crippen LogP contribution in [-0.4, -0.2) is 30.6 Å². The Morgan fingerprint density at radius 3 is 2.85 bits per heavy atom. The van der Waals surface area contributed by atoms with Gasteiger partial charge in [0, 0.05) is 19.1 Å². The number of nitrogens with zero attached hydrogens (tertiary/aromatic N) is 1. The molecule has 3 nitrogen and oxygen atoms in total. The fourth-order valence-electron chi connectivity index (χ4n) is 3.07. The molecule has 1 aliphatic heterocycles. The van der Waals surface area contributed by atoms with Crippen LogP contribution in [0.5, 0.6) is 5.75 Å². The first-order valence-corrected chi connectivity index (χ1v) is 7.81. The lowest BCUT2D eigenvalue weighted by Crippen LogP contribution is -2.40. The number of hydrogen-bond acceptors (Lipinski definition) is 3. The summed E-state index contributed by atoms with van der Waals surface area (Å²) in [7, 11) is 0. The summed E-state index contributed by atoms with van der Waals surface area (Å²) in [4.78, 5) is 2.53. The van der Waals surface area contributed by atoms with Crippen LogP contribution in [-0.2, 0) is 0 Å². The molecule has 0 spiro atoms. The van der Waals surface area contributed by atoms with Crippen molar-refractivity contribution in [3.63, 3.8) is 0 Å². The Hall–Kier alpha value is -1.06. The van der Waals surface area contributed by atoms with E-state index in [2.05, 4.69) is 43.9 Å². The van der Waals surface area contributed by atoms with Gasteiger partial charge in [-0.05, 0) is 56.8 Å². The van der Waals surface area contributed by atoms with Gasteiger partial charge in [-0.2, -0.15) is 0 Å². The van der Waals surface area contributed by atoms with Crippen LogP contribution < -0.4 is 10.5 Å². The van der Waals surface area contributed by atoms with E-state index in [1.807, 2.05) is 6.07 Å². The van der Waals surface area contributed by atoms with Crippen molar-refractivity contribution >= 4 is 0 Å². The molecular formula is C17H28N2O. The number of ether oxygens (including phenoxy) is 1. The largest absolute Gasteiger partial charge is 0.491 e. The lowest BCUT2D eigenvalue weighted by Gasteiger charge is -2.37. The molecule has 2 N–H and O–H groups in total. The molecule has 2 atom stereocenters. The Morgan fingerprint density at radius 2 is 2.20 bits per heavy atom. The topological polar surface area (TPSA) is 38.5 Å². The van der Waals surface area contributed by atoms with E-state index in [0.29, 0.717) is 12.6 Å². The SMILES string of the molecule is CC1CCCN(C(CN)c2cccc(OC(C)C)c2)C1. The molecule has 3 heteroatoms. The Morgan fingerprint density at radius 1 is 1.40 bits per heavy atom. The highest BCUT2D eigenvalue weighted by molar-refractivity contribution is 5.31. The van der Waals surface area contributed by atoms with Crippen LogP contribution in [0.15, 0.2) is 24.3 Å². The smallest absolute Gasteiger partial charge is 0.120 e. The summed E-state index contributed by atoms with van der Waals surface area (Å²) >= 11 is 0. The third kappa shape index (κ3) is 3.97. The molecular weight excluding hydrogens is 248 g/mol. The molecule has 1 aromatic rings. The van der Waals surface area contributed by atoms with Gasteiger partial charge in [-0.15, -0.1) is 0 Å². The summed E-state index contributed by atoms with van der Waals surface area (Å²) < 4.78 is 5.80. The van der Waals surface area contributed by atoms with Gasteiger partial charge in [-0.25, -0.2) is 0 Å². The normalized spacial score (nSPS) is 21.9. The molecule has 1 aromatic carbocycles. The van der Waals surface area contributed by atoms with Crippen molar-refractivity contribution in [3.05, 3.63) is 29.8 Å². The zero-order chi connectivity index (χ0) is 14.5. The summed E-state index contributed by atoms with van der Waals surface area (Å²) in [5.74, 6) is 1.72. The number of hydrogen-bond donors (Lipinski definition) is 1. The van der Waals surface area contributed by atoms with Crippen molar-refractivity contribution in [1.29, 1.82) is 0 Å². The van der Waals surface area contributed by atoms with Gasteiger partial charge < -0.3 is 10.5 Å². The van der Waals surface area contributed by atoms with Crippen molar-refractivity contribution in [2.45, 2.75) is 45.8 Å². The molecule has 1 aliphatic rings. The fourth-order valence-corrected chi connectivity index (χ4v) is 3.07. The predicted octanol–water partition coefficient (Wildman–Crippen LogP) is 3.21. The van der Waals surface area contributed by atoms with E-state index in [-0.39, 0.29) is 6.10 Å². The van der Waals surface area contributed by atoms with Crippen LogP contribution in [0, 0.1) is 5.92 Å². The van der Waals surface area contributed by atoms with E-state index in [1.54, 1.807) is 0 Å². The first-order valence-electron chi connectivity index (χ1n) is 7.81. The van der Waals surface area contributed by atoms with E-state index in [0.717, 1.165) is 24.8 Å². The summed E-state index contributed by atoms with van der Waals surface area (Å²) in [6.45, 7) is 9.41. The van der Waals surface area contributed by atoms with Crippen LogP contribution in [0.25, 0.3) is 0 Å². The van der Waals surface area contributed by atoms with Crippen molar-refractivity contribution in [2.24, 2.45) is 11.7 Å². The quantitative estimate of drug-likeness (QED) is 0.897. The molecule has 2 rings (SSSR count). The molecule has 0 aliphatic carbocycles. The summed E-state index contributed by atoms with van der Waals surface area (Å²) in [5, 5.41) is 0. The third-order valence-corrected chi connectivity index (χ3v) is 3.97. The van der Waals surface area contributed by atoms with Gasteiger partial charge >= 0.3 is 0 Å². The van der Waals surface area contributed by atoms with E-state index >= 15 is 0 Å². The maximum absolute atomic E-state index is 6.05. The maximum atomic E-state index is 6.05. The van der Waals surface area contributed by atoms with Crippen LogP contribution in [0.4, 0.5) is 0 Å². The minimum atomic E-state index is 0.205. The molecule has 2 unspecified atom stereocenters. The van der Waals surface area contributed by atoms with Gasteiger partial charge in [0.05, 0.1) is 6.10 Å². The first kappa shape index (κ1) is 15.3. The van der Waals surface area contributed by atoms with E-state index in [9.17, 15) is 0 Å². The van der Waals surface area contributed by atoms with Gasteiger partial charge in [0.15, 0.2) is 0 Å². The van der Waals surface area contributed by atoms with Gasteiger partial charge in [-0.1, -0.05) is 19.1 Å². The number of likely N-dealkylation sites (tertiary alicyclic amines) is 1. The zero-order valence-electron chi connectivity index (χ0n) is 13.0. The molecule has 0 bridgehead atoms. The Balaban J connectivity index is 2.14. The van der Waals surface area contributed by atoms with Gasteiger partial charge in [0.1, 0.15) is 5.75 Å². The van der Waals surface area contributed by atoms with Crippen LogP contribution in [0.3, 0.4) is 0 Å². The highest BCUT2D eigenvalue weighted by Gasteiger charge is 2.24. The standard InChI is InChI=1S/C17H28N2O/c1-13(2)20-16-8-4-7-15(10-16)17(11-18)19-9-5-6-14(3)12-19/h4,7-8,10,13-14,17H,5-6,9,11-12,18H2,1-3H3. The highest BCUT2D eigenvalue weighted by atomic mass is 16.5. The van der Waals surface area contributed by atoms with Gasteiger partial charge in [-0.3, -0.25) is 4.90 Å². The average Bonchev–Trinajstić information content (AvgIpc) is 2.39. The van der Waals surface area contributed by atoms with E-state index < -0.39 is 0 Å². The molecule has 1 fully saturated rings. The molecule has 1 saturated heterocycles. The Labute approximate surface area is 123 Å². The molecule has 20 heavy (non-hydrogen) atoms.